The molecule has 0 spiro atoms. The Morgan fingerprint density at radius 1 is 1.18 bits per heavy atom. The number of hydrogen-bond donors (Lipinski definition) is 1. The van der Waals surface area contributed by atoms with Crippen LogP contribution in [0.3, 0.4) is 0 Å². The highest BCUT2D eigenvalue weighted by Crippen LogP contribution is 2.32. The number of halogens is 1. The van der Waals surface area contributed by atoms with Crippen LogP contribution in [0.5, 0.6) is 11.6 Å². The van der Waals surface area contributed by atoms with Gasteiger partial charge in [0.25, 0.3) is 0 Å². The highest BCUT2D eigenvalue weighted by molar-refractivity contribution is 5.43. The van der Waals surface area contributed by atoms with Crippen molar-refractivity contribution >= 4 is 0 Å². The van der Waals surface area contributed by atoms with Crippen LogP contribution in [0.25, 0.3) is 5.69 Å². The van der Waals surface area contributed by atoms with E-state index in [1.165, 1.54) is 6.07 Å². The Bertz CT molecular complexity index is 1020. The summed E-state index contributed by atoms with van der Waals surface area (Å²) in [6, 6.07) is 15.9. The van der Waals surface area contributed by atoms with Gasteiger partial charge in [-0.2, -0.15) is 5.10 Å². The molecule has 1 aromatic heterocycles. The molecule has 0 radical (unpaired) electrons. The molecule has 176 valence electrons. The molecule has 6 nitrogen and oxygen atoms in total. The Labute approximate surface area is 194 Å². The van der Waals surface area contributed by atoms with E-state index in [0.717, 1.165) is 29.9 Å². The zero-order chi connectivity index (χ0) is 23.6. The van der Waals surface area contributed by atoms with E-state index in [0.29, 0.717) is 25.6 Å². The summed E-state index contributed by atoms with van der Waals surface area (Å²) in [5, 5.41) is 15.1. The van der Waals surface area contributed by atoms with Crippen LogP contribution in [0.1, 0.15) is 24.6 Å². The maximum atomic E-state index is 14.4. The van der Waals surface area contributed by atoms with E-state index in [4.69, 9.17) is 14.6 Å². The highest BCUT2D eigenvalue weighted by Gasteiger charge is 2.23. The van der Waals surface area contributed by atoms with Crippen molar-refractivity contribution < 1.29 is 19.0 Å². The van der Waals surface area contributed by atoms with Crippen molar-refractivity contribution in [3.05, 3.63) is 84.3 Å². The van der Waals surface area contributed by atoms with Crippen LogP contribution in [0.15, 0.2) is 67.3 Å². The van der Waals surface area contributed by atoms with E-state index in [-0.39, 0.29) is 12.4 Å². The van der Waals surface area contributed by atoms with Crippen LogP contribution in [-0.2, 0) is 11.3 Å². The fraction of sp³-hybridized carbons (Fsp3) is 0.346. The van der Waals surface area contributed by atoms with Crippen molar-refractivity contribution in [2.75, 3.05) is 26.3 Å². The number of benzene rings is 2. The summed E-state index contributed by atoms with van der Waals surface area (Å²) >= 11 is 0. The predicted octanol–water partition coefficient (Wildman–Crippen LogP) is 4.89. The van der Waals surface area contributed by atoms with Gasteiger partial charge in [-0.05, 0) is 44.2 Å². The van der Waals surface area contributed by atoms with Gasteiger partial charge in [0, 0.05) is 13.1 Å². The molecule has 0 amide bonds. The first-order chi connectivity index (χ1) is 16.0. The number of nitrogens with zero attached hydrogens (tertiary/aromatic N) is 3. The lowest BCUT2D eigenvalue weighted by atomic mass is 10.2. The normalized spacial score (nSPS) is 12.2. The maximum Gasteiger partial charge on any atom is 0.227 e. The number of hydrogen-bond acceptors (Lipinski definition) is 5. The minimum atomic E-state index is -0.642. The summed E-state index contributed by atoms with van der Waals surface area (Å²) in [6.45, 7) is 9.95. The van der Waals surface area contributed by atoms with Gasteiger partial charge in [-0.3, -0.25) is 4.90 Å². The average Bonchev–Trinajstić information content (AvgIpc) is 3.11. The van der Waals surface area contributed by atoms with Crippen LogP contribution >= 0.6 is 0 Å². The first-order valence-electron chi connectivity index (χ1n) is 11.2. The molecule has 0 saturated carbocycles. The molecule has 0 aliphatic rings. The molecule has 2 aromatic carbocycles. The minimum absolute atomic E-state index is 0.135. The molecule has 0 saturated heterocycles. The number of aliphatic hydroxyl groups is 1. The molecular formula is C26H32FN3O3. The molecule has 1 unspecified atom stereocenters. The number of aliphatic hydroxyl groups excluding tert-OH is 1. The molecule has 3 rings (SSSR count). The van der Waals surface area contributed by atoms with E-state index in [1.807, 2.05) is 37.3 Å². The van der Waals surface area contributed by atoms with Crippen molar-refractivity contribution in [2.24, 2.45) is 0 Å². The standard InChI is InChI=1S/C26H32FN3O3/c1-4-15-29(17-22(31)19-32-16-5-2)18-23-20(3)28-30(21-11-7-6-8-12-21)26(23)33-25-14-10-9-13-24(25)27/h5-14,22,31H,2,4,15-19H2,1,3H3. The molecular weight excluding hydrogens is 421 g/mol. The lowest BCUT2D eigenvalue weighted by Crippen LogP contribution is -2.35. The van der Waals surface area contributed by atoms with Crippen LogP contribution < -0.4 is 4.74 Å². The van der Waals surface area contributed by atoms with Crippen LogP contribution in [0, 0.1) is 12.7 Å². The fourth-order valence-corrected chi connectivity index (χ4v) is 3.61. The SMILES string of the molecule is C=CCOCC(O)CN(CCC)Cc1c(C)nn(-c2ccccc2)c1Oc1ccccc1F. The van der Waals surface area contributed by atoms with Crippen molar-refractivity contribution in [2.45, 2.75) is 32.9 Å². The monoisotopic (exact) mass is 453 g/mol. The zero-order valence-corrected chi connectivity index (χ0v) is 19.3. The largest absolute Gasteiger partial charge is 0.435 e. The van der Waals surface area contributed by atoms with Gasteiger partial charge in [0.1, 0.15) is 0 Å². The zero-order valence-electron chi connectivity index (χ0n) is 19.3. The van der Waals surface area contributed by atoms with Gasteiger partial charge in [0.2, 0.25) is 5.88 Å². The second-order valence-electron chi connectivity index (χ2n) is 7.86. The summed E-state index contributed by atoms with van der Waals surface area (Å²) in [5.74, 6) is 0.153. The van der Waals surface area contributed by atoms with E-state index >= 15 is 0 Å². The topological polar surface area (TPSA) is 59.8 Å². The maximum absolute atomic E-state index is 14.4. The second-order valence-corrected chi connectivity index (χ2v) is 7.86. The van der Waals surface area contributed by atoms with Crippen molar-refractivity contribution in [1.82, 2.24) is 14.7 Å². The minimum Gasteiger partial charge on any atom is -0.435 e. The first-order valence-corrected chi connectivity index (χ1v) is 11.2. The van der Waals surface area contributed by atoms with Crippen LogP contribution in [-0.4, -0.2) is 52.2 Å². The van der Waals surface area contributed by atoms with Crippen LogP contribution in [0.4, 0.5) is 4.39 Å². The Morgan fingerprint density at radius 3 is 2.61 bits per heavy atom. The van der Waals surface area contributed by atoms with Gasteiger partial charge in [-0.1, -0.05) is 43.3 Å². The summed E-state index contributed by atoms with van der Waals surface area (Å²) in [7, 11) is 0. The Balaban J connectivity index is 1.93. The third-order valence-electron chi connectivity index (χ3n) is 5.12. The van der Waals surface area contributed by atoms with Gasteiger partial charge in [-0.25, -0.2) is 9.07 Å². The third kappa shape index (κ3) is 6.74. The number of rotatable bonds is 13. The Morgan fingerprint density at radius 2 is 1.91 bits per heavy atom. The van der Waals surface area contributed by atoms with Gasteiger partial charge in [0.15, 0.2) is 11.6 Å². The van der Waals surface area contributed by atoms with E-state index < -0.39 is 11.9 Å². The smallest absolute Gasteiger partial charge is 0.227 e. The lowest BCUT2D eigenvalue weighted by molar-refractivity contribution is 0.0244. The molecule has 7 heteroatoms. The Kier molecular flexibility index (Phi) is 9.18. The fourth-order valence-electron chi connectivity index (χ4n) is 3.61. The van der Waals surface area contributed by atoms with E-state index in [1.54, 1.807) is 29.0 Å². The van der Waals surface area contributed by atoms with Gasteiger partial charge in [0.05, 0.1) is 36.3 Å². The highest BCUT2D eigenvalue weighted by atomic mass is 19.1. The first kappa shape index (κ1) is 24.6. The predicted molar refractivity (Wildman–Crippen MR) is 127 cm³/mol. The van der Waals surface area contributed by atoms with Crippen LogP contribution in [0.2, 0.25) is 0 Å². The van der Waals surface area contributed by atoms with Crippen molar-refractivity contribution in [1.29, 1.82) is 0 Å². The molecule has 3 aromatic rings. The summed E-state index contributed by atoms with van der Waals surface area (Å²) < 4.78 is 27.6. The average molecular weight is 454 g/mol. The van der Waals surface area contributed by atoms with Crippen molar-refractivity contribution in [3.63, 3.8) is 0 Å². The van der Waals surface area contributed by atoms with Crippen molar-refractivity contribution in [3.8, 4) is 17.3 Å². The van der Waals surface area contributed by atoms with Gasteiger partial charge >= 0.3 is 0 Å². The molecule has 1 heterocycles. The molecule has 0 aliphatic heterocycles. The number of para-hydroxylation sites is 2. The Hall–Kier alpha value is -3.00. The molecule has 0 bridgehead atoms. The number of aryl methyl sites for hydroxylation is 1. The van der Waals surface area contributed by atoms with E-state index in [9.17, 15) is 9.50 Å². The molecule has 1 atom stereocenters. The third-order valence-corrected chi connectivity index (χ3v) is 5.12. The molecule has 0 aliphatic carbocycles. The van der Waals surface area contributed by atoms with E-state index in [2.05, 4.69) is 18.4 Å². The van der Waals surface area contributed by atoms with Gasteiger partial charge in [-0.15, -0.1) is 6.58 Å². The number of aromatic nitrogens is 2. The molecule has 0 fully saturated rings. The second kappa shape index (κ2) is 12.3. The molecule has 1 N–H and O–H groups in total. The quantitative estimate of drug-likeness (QED) is 0.295. The molecule has 33 heavy (non-hydrogen) atoms. The lowest BCUT2D eigenvalue weighted by Gasteiger charge is -2.25. The summed E-state index contributed by atoms with van der Waals surface area (Å²) in [4.78, 5) is 2.13. The summed E-state index contributed by atoms with van der Waals surface area (Å²) in [6.07, 6.45) is 1.93. The van der Waals surface area contributed by atoms with Gasteiger partial charge < -0.3 is 14.6 Å². The summed E-state index contributed by atoms with van der Waals surface area (Å²) in [5.41, 5.74) is 2.44. The number of ether oxygens (including phenoxy) is 2.